The van der Waals surface area contributed by atoms with Crippen molar-refractivity contribution < 1.29 is 9.84 Å². The van der Waals surface area contributed by atoms with Crippen LogP contribution in [0.2, 0.25) is 0 Å². The molecule has 1 aromatic heterocycles. The summed E-state index contributed by atoms with van der Waals surface area (Å²) < 4.78 is 5.51. The third-order valence-corrected chi connectivity index (χ3v) is 2.55. The standard InChI is InChI=1S/C13H14N2O2/c1-9-3-4-12(5-10(9)2)17-13-14-6-11(8-16)7-15-13/h3-7,16H,8H2,1-2H3. The lowest BCUT2D eigenvalue weighted by Gasteiger charge is -2.06. The summed E-state index contributed by atoms with van der Waals surface area (Å²) in [5, 5.41) is 8.86. The smallest absolute Gasteiger partial charge is 0.321 e. The highest BCUT2D eigenvalue weighted by atomic mass is 16.5. The predicted molar refractivity (Wildman–Crippen MR) is 63.9 cm³/mol. The van der Waals surface area contributed by atoms with E-state index >= 15 is 0 Å². The molecule has 0 saturated heterocycles. The lowest BCUT2D eigenvalue weighted by Crippen LogP contribution is -1.94. The second-order valence-electron chi connectivity index (χ2n) is 3.88. The first kappa shape index (κ1) is 11.5. The van der Waals surface area contributed by atoms with E-state index in [2.05, 4.69) is 9.97 Å². The number of nitrogens with zero attached hydrogens (tertiary/aromatic N) is 2. The number of aromatic nitrogens is 2. The number of benzene rings is 1. The number of aliphatic hydroxyl groups excluding tert-OH is 1. The van der Waals surface area contributed by atoms with Gasteiger partial charge in [-0.2, -0.15) is 0 Å². The summed E-state index contributed by atoms with van der Waals surface area (Å²) in [6, 6.07) is 6.10. The molecule has 17 heavy (non-hydrogen) atoms. The maximum Gasteiger partial charge on any atom is 0.321 e. The molecule has 0 bridgehead atoms. The van der Waals surface area contributed by atoms with E-state index in [9.17, 15) is 0 Å². The van der Waals surface area contributed by atoms with Crippen molar-refractivity contribution in [2.75, 3.05) is 0 Å². The molecule has 0 radical (unpaired) electrons. The van der Waals surface area contributed by atoms with Gasteiger partial charge in [-0.3, -0.25) is 0 Å². The van der Waals surface area contributed by atoms with Crippen molar-refractivity contribution in [1.82, 2.24) is 9.97 Å². The van der Waals surface area contributed by atoms with Crippen LogP contribution in [0.5, 0.6) is 11.8 Å². The Morgan fingerprint density at radius 1 is 1.12 bits per heavy atom. The maximum absolute atomic E-state index is 8.86. The molecule has 4 nitrogen and oxygen atoms in total. The molecule has 0 aliphatic rings. The molecular weight excluding hydrogens is 216 g/mol. The SMILES string of the molecule is Cc1ccc(Oc2ncc(CO)cn2)cc1C. The van der Waals surface area contributed by atoms with Crippen LogP contribution in [0.25, 0.3) is 0 Å². The second kappa shape index (κ2) is 4.93. The fraction of sp³-hybridized carbons (Fsp3) is 0.231. The molecule has 0 fully saturated rings. The van der Waals surface area contributed by atoms with E-state index in [1.165, 1.54) is 5.56 Å². The molecule has 0 aliphatic heterocycles. The van der Waals surface area contributed by atoms with Crippen LogP contribution < -0.4 is 4.74 Å². The highest BCUT2D eigenvalue weighted by Crippen LogP contribution is 2.20. The minimum atomic E-state index is -0.0656. The molecule has 2 rings (SSSR count). The molecule has 0 atom stereocenters. The Hall–Kier alpha value is -1.94. The fourth-order valence-corrected chi connectivity index (χ4v) is 1.36. The van der Waals surface area contributed by atoms with Crippen molar-refractivity contribution in [2.24, 2.45) is 0 Å². The molecule has 0 aliphatic carbocycles. The van der Waals surface area contributed by atoms with Crippen molar-refractivity contribution in [3.8, 4) is 11.8 Å². The average Bonchev–Trinajstić information content (AvgIpc) is 2.35. The van der Waals surface area contributed by atoms with Crippen molar-refractivity contribution in [3.63, 3.8) is 0 Å². The summed E-state index contributed by atoms with van der Waals surface area (Å²) in [5.41, 5.74) is 3.04. The van der Waals surface area contributed by atoms with Crippen LogP contribution in [0.1, 0.15) is 16.7 Å². The molecule has 1 heterocycles. The van der Waals surface area contributed by atoms with E-state index in [1.54, 1.807) is 12.4 Å². The van der Waals surface area contributed by atoms with Gasteiger partial charge in [0.25, 0.3) is 0 Å². The van der Waals surface area contributed by atoms with Crippen LogP contribution in [0.3, 0.4) is 0 Å². The van der Waals surface area contributed by atoms with E-state index in [-0.39, 0.29) is 12.6 Å². The molecule has 0 spiro atoms. The topological polar surface area (TPSA) is 55.2 Å². The van der Waals surface area contributed by atoms with Crippen LogP contribution in [-0.2, 0) is 6.61 Å². The zero-order valence-electron chi connectivity index (χ0n) is 9.84. The average molecular weight is 230 g/mol. The lowest BCUT2D eigenvalue weighted by atomic mass is 10.1. The van der Waals surface area contributed by atoms with Gasteiger partial charge < -0.3 is 9.84 Å². The number of aliphatic hydroxyl groups is 1. The van der Waals surface area contributed by atoms with E-state index < -0.39 is 0 Å². The number of aryl methyl sites for hydroxylation is 2. The monoisotopic (exact) mass is 230 g/mol. The Kier molecular flexibility index (Phi) is 3.35. The van der Waals surface area contributed by atoms with Gasteiger partial charge >= 0.3 is 6.01 Å². The van der Waals surface area contributed by atoms with Crippen LogP contribution in [-0.4, -0.2) is 15.1 Å². The predicted octanol–water partition coefficient (Wildman–Crippen LogP) is 2.38. The van der Waals surface area contributed by atoms with E-state index in [4.69, 9.17) is 9.84 Å². The van der Waals surface area contributed by atoms with E-state index in [0.717, 1.165) is 5.56 Å². The number of hydrogen-bond donors (Lipinski definition) is 1. The summed E-state index contributed by atoms with van der Waals surface area (Å²) >= 11 is 0. The maximum atomic E-state index is 8.86. The van der Waals surface area contributed by atoms with Gasteiger partial charge in [0.05, 0.1) is 6.61 Å². The minimum absolute atomic E-state index is 0.0656. The van der Waals surface area contributed by atoms with Crippen molar-refractivity contribution in [3.05, 3.63) is 47.3 Å². The highest BCUT2D eigenvalue weighted by Gasteiger charge is 2.02. The van der Waals surface area contributed by atoms with Gasteiger partial charge in [-0.15, -0.1) is 0 Å². The second-order valence-corrected chi connectivity index (χ2v) is 3.88. The fourth-order valence-electron chi connectivity index (χ4n) is 1.36. The zero-order chi connectivity index (χ0) is 12.3. The Labute approximate surface area is 99.9 Å². The van der Waals surface area contributed by atoms with E-state index in [0.29, 0.717) is 11.3 Å². The normalized spacial score (nSPS) is 10.3. The Bertz CT molecular complexity index is 509. The van der Waals surface area contributed by atoms with Crippen molar-refractivity contribution in [2.45, 2.75) is 20.5 Å². The largest absolute Gasteiger partial charge is 0.424 e. The van der Waals surface area contributed by atoms with Gasteiger partial charge in [0.1, 0.15) is 5.75 Å². The quantitative estimate of drug-likeness (QED) is 0.879. The molecule has 0 unspecified atom stereocenters. The van der Waals surface area contributed by atoms with Crippen LogP contribution in [0.15, 0.2) is 30.6 Å². The summed E-state index contributed by atoms with van der Waals surface area (Å²) in [4.78, 5) is 8.01. The van der Waals surface area contributed by atoms with Crippen molar-refractivity contribution >= 4 is 0 Å². The molecular formula is C13H14N2O2. The highest BCUT2D eigenvalue weighted by molar-refractivity contribution is 5.35. The van der Waals surface area contributed by atoms with Crippen LogP contribution in [0.4, 0.5) is 0 Å². The molecule has 0 amide bonds. The van der Waals surface area contributed by atoms with E-state index in [1.807, 2.05) is 32.0 Å². The summed E-state index contributed by atoms with van der Waals surface area (Å²) in [6.45, 7) is 4.01. The summed E-state index contributed by atoms with van der Waals surface area (Å²) in [6.07, 6.45) is 3.09. The van der Waals surface area contributed by atoms with Gasteiger partial charge in [-0.25, -0.2) is 9.97 Å². The lowest BCUT2D eigenvalue weighted by molar-refractivity contribution is 0.280. The minimum Gasteiger partial charge on any atom is -0.424 e. The third-order valence-electron chi connectivity index (χ3n) is 2.55. The molecule has 2 aromatic rings. The first-order chi connectivity index (χ1) is 8.19. The molecule has 1 N–H and O–H groups in total. The number of ether oxygens (including phenoxy) is 1. The van der Waals surface area contributed by atoms with Gasteiger partial charge in [0.15, 0.2) is 0 Å². The van der Waals surface area contributed by atoms with Gasteiger partial charge in [-0.1, -0.05) is 6.07 Å². The number of hydrogen-bond acceptors (Lipinski definition) is 4. The Morgan fingerprint density at radius 2 is 1.82 bits per heavy atom. The first-order valence-corrected chi connectivity index (χ1v) is 5.36. The van der Waals surface area contributed by atoms with Crippen LogP contribution >= 0.6 is 0 Å². The molecule has 88 valence electrons. The van der Waals surface area contributed by atoms with Crippen molar-refractivity contribution in [1.29, 1.82) is 0 Å². The molecule has 1 aromatic carbocycles. The summed E-state index contributed by atoms with van der Waals surface area (Å²) in [7, 11) is 0. The number of rotatable bonds is 3. The summed E-state index contributed by atoms with van der Waals surface area (Å²) in [5.74, 6) is 0.713. The van der Waals surface area contributed by atoms with Gasteiger partial charge in [0, 0.05) is 18.0 Å². The van der Waals surface area contributed by atoms with Gasteiger partial charge in [0.2, 0.25) is 0 Å². The van der Waals surface area contributed by atoms with Crippen LogP contribution in [0, 0.1) is 13.8 Å². The van der Waals surface area contributed by atoms with Gasteiger partial charge in [-0.05, 0) is 37.1 Å². The Morgan fingerprint density at radius 3 is 2.41 bits per heavy atom. The Balaban J connectivity index is 2.16. The third kappa shape index (κ3) is 2.79. The zero-order valence-corrected chi connectivity index (χ0v) is 9.84. The first-order valence-electron chi connectivity index (χ1n) is 5.36. The molecule has 0 saturated carbocycles. The molecule has 4 heteroatoms.